The lowest BCUT2D eigenvalue weighted by molar-refractivity contribution is 0.251. The van der Waals surface area contributed by atoms with E-state index in [4.69, 9.17) is 0 Å². The molecule has 8 nitrogen and oxygen atoms in total. The second-order valence-electron chi connectivity index (χ2n) is 5.27. The lowest BCUT2D eigenvalue weighted by atomic mass is 10.2. The molecule has 0 fully saturated rings. The van der Waals surface area contributed by atoms with Gasteiger partial charge in [-0.3, -0.25) is 0 Å². The number of fused-ring (bicyclic) bond motifs is 1. The van der Waals surface area contributed by atoms with Gasteiger partial charge in [0.1, 0.15) is 11.6 Å². The highest BCUT2D eigenvalue weighted by atomic mass is 16.2. The molecule has 0 spiro atoms. The maximum Gasteiger partial charge on any atom is 0.319 e. The number of hydrogen-bond donors (Lipinski definition) is 3. The third kappa shape index (κ3) is 3.78. The highest BCUT2D eigenvalue weighted by molar-refractivity contribution is 5.89. The summed E-state index contributed by atoms with van der Waals surface area (Å²) < 4.78 is 1.64. The molecule has 3 aromatic heterocycles. The first-order chi connectivity index (χ1) is 11.6. The van der Waals surface area contributed by atoms with E-state index in [-0.39, 0.29) is 6.03 Å². The summed E-state index contributed by atoms with van der Waals surface area (Å²) in [4.78, 5) is 20.5. The second kappa shape index (κ2) is 6.95. The number of pyridine rings is 2. The summed E-state index contributed by atoms with van der Waals surface area (Å²) in [6, 6.07) is 7.09. The van der Waals surface area contributed by atoms with Crippen molar-refractivity contribution in [1.82, 2.24) is 24.9 Å². The zero-order chi connectivity index (χ0) is 16.9. The van der Waals surface area contributed by atoms with Gasteiger partial charge in [-0.05, 0) is 43.7 Å². The summed E-state index contributed by atoms with van der Waals surface area (Å²) in [5, 5.41) is 13.0. The molecule has 3 rings (SSSR count). The van der Waals surface area contributed by atoms with Crippen molar-refractivity contribution in [1.29, 1.82) is 0 Å². The first-order valence-electron chi connectivity index (χ1n) is 7.71. The zero-order valence-electron chi connectivity index (χ0n) is 13.6. The normalized spacial score (nSPS) is 10.6. The number of aryl methyl sites for hydroxylation is 1. The standard InChI is InChI=1S/C16H19N7O/c1-3-17-14-8-12(6-7-18-14)9-19-16(24)21-13-4-5-15-20-11(2)22-23(15)10-13/h4-8,10H,3,9H2,1-2H3,(H,17,18)(H2,19,21,24). The van der Waals surface area contributed by atoms with E-state index in [1.54, 1.807) is 29.0 Å². The molecule has 0 radical (unpaired) electrons. The van der Waals surface area contributed by atoms with Crippen LogP contribution in [0.25, 0.3) is 5.65 Å². The van der Waals surface area contributed by atoms with Crippen LogP contribution < -0.4 is 16.0 Å². The fourth-order valence-corrected chi connectivity index (χ4v) is 2.29. The minimum absolute atomic E-state index is 0.284. The molecule has 124 valence electrons. The number of carbonyl (C=O) groups excluding carboxylic acids is 1. The summed E-state index contributed by atoms with van der Waals surface area (Å²) in [6.07, 6.45) is 3.44. The lowest BCUT2D eigenvalue weighted by Gasteiger charge is -2.09. The molecule has 0 saturated carbocycles. The Bertz CT molecular complexity index is 859. The Morgan fingerprint density at radius 1 is 1.29 bits per heavy atom. The Balaban J connectivity index is 1.59. The topological polar surface area (TPSA) is 96.2 Å². The fraction of sp³-hybridized carbons (Fsp3) is 0.250. The number of carbonyl (C=O) groups is 1. The van der Waals surface area contributed by atoms with Crippen molar-refractivity contribution >= 4 is 23.2 Å². The van der Waals surface area contributed by atoms with Gasteiger partial charge in [-0.1, -0.05) is 0 Å². The van der Waals surface area contributed by atoms with Gasteiger partial charge in [-0.25, -0.2) is 19.3 Å². The Morgan fingerprint density at radius 2 is 2.17 bits per heavy atom. The van der Waals surface area contributed by atoms with Crippen molar-refractivity contribution in [2.75, 3.05) is 17.2 Å². The number of urea groups is 1. The SMILES string of the molecule is CCNc1cc(CNC(=O)Nc2ccc3nc(C)nn3c2)ccn1. The molecule has 0 saturated heterocycles. The Hall–Kier alpha value is -3.16. The average Bonchev–Trinajstić information content (AvgIpc) is 2.93. The van der Waals surface area contributed by atoms with E-state index in [1.807, 2.05) is 26.0 Å². The summed E-state index contributed by atoms with van der Waals surface area (Å²) in [5.41, 5.74) is 2.36. The zero-order valence-corrected chi connectivity index (χ0v) is 13.6. The Kier molecular flexibility index (Phi) is 4.55. The second-order valence-corrected chi connectivity index (χ2v) is 5.27. The number of nitrogens with zero attached hydrogens (tertiary/aromatic N) is 4. The van der Waals surface area contributed by atoms with Crippen molar-refractivity contribution < 1.29 is 4.79 Å². The quantitative estimate of drug-likeness (QED) is 0.668. The Labute approximate surface area is 139 Å². The van der Waals surface area contributed by atoms with Crippen molar-refractivity contribution in [3.8, 4) is 0 Å². The van der Waals surface area contributed by atoms with E-state index in [0.29, 0.717) is 18.1 Å². The highest BCUT2D eigenvalue weighted by Gasteiger charge is 2.05. The van der Waals surface area contributed by atoms with Crippen LogP contribution in [0, 0.1) is 6.92 Å². The van der Waals surface area contributed by atoms with Gasteiger partial charge in [0, 0.05) is 19.3 Å². The van der Waals surface area contributed by atoms with E-state index in [1.165, 1.54) is 0 Å². The smallest absolute Gasteiger partial charge is 0.319 e. The van der Waals surface area contributed by atoms with Crippen molar-refractivity contribution in [2.24, 2.45) is 0 Å². The monoisotopic (exact) mass is 325 g/mol. The molecule has 0 bridgehead atoms. The molecule has 8 heteroatoms. The fourth-order valence-electron chi connectivity index (χ4n) is 2.29. The molecule has 3 N–H and O–H groups in total. The molecular weight excluding hydrogens is 306 g/mol. The molecule has 0 atom stereocenters. The number of amides is 2. The number of nitrogens with one attached hydrogen (secondary N) is 3. The van der Waals surface area contributed by atoms with E-state index in [0.717, 1.165) is 23.6 Å². The van der Waals surface area contributed by atoms with Crippen LogP contribution >= 0.6 is 0 Å². The van der Waals surface area contributed by atoms with Gasteiger partial charge in [-0.15, -0.1) is 0 Å². The third-order valence-electron chi connectivity index (χ3n) is 3.33. The maximum atomic E-state index is 12.0. The number of rotatable bonds is 5. The molecular formula is C16H19N7O. The Morgan fingerprint density at radius 3 is 3.00 bits per heavy atom. The van der Waals surface area contributed by atoms with Crippen LogP contribution in [0.5, 0.6) is 0 Å². The molecule has 24 heavy (non-hydrogen) atoms. The number of aromatic nitrogens is 4. The van der Waals surface area contributed by atoms with E-state index in [2.05, 4.69) is 31.0 Å². The molecule has 2 amide bonds. The number of hydrogen-bond acceptors (Lipinski definition) is 5. The van der Waals surface area contributed by atoms with Crippen LogP contribution in [-0.2, 0) is 6.54 Å². The predicted molar refractivity (Wildman–Crippen MR) is 92.0 cm³/mol. The van der Waals surface area contributed by atoms with Gasteiger partial charge in [0.05, 0.1) is 11.9 Å². The molecule has 0 aliphatic rings. The number of anilines is 2. The molecule has 0 unspecified atom stereocenters. The summed E-state index contributed by atoms with van der Waals surface area (Å²) in [7, 11) is 0. The van der Waals surface area contributed by atoms with Gasteiger partial charge in [0.25, 0.3) is 0 Å². The highest BCUT2D eigenvalue weighted by Crippen LogP contribution is 2.10. The van der Waals surface area contributed by atoms with Crippen LogP contribution in [0.1, 0.15) is 18.3 Å². The molecule has 3 aromatic rings. The van der Waals surface area contributed by atoms with Gasteiger partial charge >= 0.3 is 6.03 Å². The average molecular weight is 325 g/mol. The first kappa shape index (κ1) is 15.7. The van der Waals surface area contributed by atoms with E-state index < -0.39 is 0 Å². The van der Waals surface area contributed by atoms with Crippen molar-refractivity contribution in [3.63, 3.8) is 0 Å². The van der Waals surface area contributed by atoms with Crippen molar-refractivity contribution in [3.05, 3.63) is 48.0 Å². The predicted octanol–water partition coefficient (Wildman–Crippen LogP) is 2.19. The van der Waals surface area contributed by atoms with Crippen molar-refractivity contribution in [2.45, 2.75) is 20.4 Å². The van der Waals surface area contributed by atoms with Gasteiger partial charge in [-0.2, -0.15) is 5.10 Å². The van der Waals surface area contributed by atoms with Crippen LogP contribution in [0.15, 0.2) is 36.7 Å². The van der Waals surface area contributed by atoms with Crippen LogP contribution in [0.4, 0.5) is 16.3 Å². The first-order valence-corrected chi connectivity index (χ1v) is 7.71. The molecule has 0 aromatic carbocycles. The molecule has 0 aliphatic carbocycles. The van der Waals surface area contributed by atoms with Crippen LogP contribution in [-0.4, -0.2) is 32.2 Å². The summed E-state index contributed by atoms with van der Waals surface area (Å²) >= 11 is 0. The molecule has 0 aliphatic heterocycles. The van der Waals surface area contributed by atoms with Gasteiger partial charge in [0.2, 0.25) is 0 Å². The lowest BCUT2D eigenvalue weighted by Crippen LogP contribution is -2.28. The summed E-state index contributed by atoms with van der Waals surface area (Å²) in [5.74, 6) is 1.48. The summed E-state index contributed by atoms with van der Waals surface area (Å²) in [6.45, 7) is 5.04. The molecule has 3 heterocycles. The largest absolute Gasteiger partial charge is 0.370 e. The van der Waals surface area contributed by atoms with Gasteiger partial charge in [0.15, 0.2) is 5.65 Å². The minimum atomic E-state index is -0.284. The third-order valence-corrected chi connectivity index (χ3v) is 3.33. The van der Waals surface area contributed by atoms with Crippen LogP contribution in [0.3, 0.4) is 0 Å². The van der Waals surface area contributed by atoms with E-state index >= 15 is 0 Å². The van der Waals surface area contributed by atoms with E-state index in [9.17, 15) is 4.79 Å². The maximum absolute atomic E-state index is 12.0. The van der Waals surface area contributed by atoms with Crippen LogP contribution in [0.2, 0.25) is 0 Å². The van der Waals surface area contributed by atoms with Gasteiger partial charge < -0.3 is 16.0 Å². The minimum Gasteiger partial charge on any atom is -0.370 e.